The Labute approximate surface area is 114 Å². The summed E-state index contributed by atoms with van der Waals surface area (Å²) in [7, 11) is 0. The molecule has 104 valence electrons. The third kappa shape index (κ3) is 2.62. The van der Waals surface area contributed by atoms with Crippen molar-refractivity contribution in [2.45, 2.75) is 44.6 Å². The van der Waals surface area contributed by atoms with E-state index in [-0.39, 0.29) is 5.82 Å². The summed E-state index contributed by atoms with van der Waals surface area (Å²) in [6.07, 6.45) is 7.35. The summed E-state index contributed by atoms with van der Waals surface area (Å²) >= 11 is 0. The first-order valence-corrected chi connectivity index (χ1v) is 7.54. The lowest BCUT2D eigenvalue weighted by Gasteiger charge is -2.33. The molecule has 2 atom stereocenters. The minimum absolute atomic E-state index is 0.125. The number of hydrogen-bond acceptors (Lipinski definition) is 2. The molecule has 2 nitrogen and oxygen atoms in total. The molecular weight excluding hydrogens is 239 g/mol. The van der Waals surface area contributed by atoms with Gasteiger partial charge in [-0.2, -0.15) is 0 Å². The summed E-state index contributed by atoms with van der Waals surface area (Å²) in [5, 5.41) is 0. The van der Waals surface area contributed by atoms with Gasteiger partial charge in [-0.1, -0.05) is 12.8 Å². The van der Waals surface area contributed by atoms with Crippen molar-refractivity contribution in [1.29, 1.82) is 0 Å². The summed E-state index contributed by atoms with van der Waals surface area (Å²) in [6.45, 7) is 1.66. The van der Waals surface area contributed by atoms with Crippen LogP contribution in [-0.2, 0) is 6.42 Å². The van der Waals surface area contributed by atoms with Crippen molar-refractivity contribution in [3.05, 3.63) is 29.6 Å². The van der Waals surface area contributed by atoms with Gasteiger partial charge in [-0.15, -0.1) is 0 Å². The van der Waals surface area contributed by atoms with Crippen LogP contribution in [0.25, 0.3) is 0 Å². The van der Waals surface area contributed by atoms with E-state index in [4.69, 9.17) is 5.73 Å². The lowest BCUT2D eigenvalue weighted by atomic mass is 9.85. The fraction of sp³-hybridized carbons (Fsp3) is 0.625. The number of halogens is 1. The SMILES string of the molecule is NCCc1cc(F)cc(N2CCC3CCCCC32)c1. The molecule has 1 saturated heterocycles. The Morgan fingerprint density at radius 3 is 2.84 bits per heavy atom. The molecule has 0 amide bonds. The molecular formula is C16H23FN2. The molecule has 0 spiro atoms. The Bertz CT molecular complexity index is 446. The molecule has 1 aromatic carbocycles. The summed E-state index contributed by atoms with van der Waals surface area (Å²) in [5.74, 6) is 0.704. The summed E-state index contributed by atoms with van der Waals surface area (Å²) in [4.78, 5) is 2.44. The molecule has 1 saturated carbocycles. The van der Waals surface area contributed by atoms with Crippen molar-refractivity contribution in [2.75, 3.05) is 18.0 Å². The van der Waals surface area contributed by atoms with Gasteiger partial charge in [0.2, 0.25) is 0 Å². The molecule has 1 aliphatic carbocycles. The van der Waals surface area contributed by atoms with Gasteiger partial charge in [-0.05, 0) is 61.9 Å². The number of rotatable bonds is 3. The second-order valence-electron chi connectivity index (χ2n) is 5.95. The van der Waals surface area contributed by atoms with Crippen LogP contribution in [0.3, 0.4) is 0 Å². The Hall–Kier alpha value is -1.09. The number of fused-ring (bicyclic) bond motifs is 1. The van der Waals surface area contributed by atoms with Crippen LogP contribution in [0, 0.1) is 11.7 Å². The van der Waals surface area contributed by atoms with E-state index in [0.29, 0.717) is 12.6 Å². The van der Waals surface area contributed by atoms with Gasteiger partial charge in [0.05, 0.1) is 0 Å². The Kier molecular flexibility index (Phi) is 3.74. The van der Waals surface area contributed by atoms with Crippen LogP contribution in [0.2, 0.25) is 0 Å². The summed E-state index contributed by atoms with van der Waals surface area (Å²) in [5.41, 5.74) is 7.68. The number of benzene rings is 1. The van der Waals surface area contributed by atoms with Crippen molar-refractivity contribution < 1.29 is 4.39 Å². The van der Waals surface area contributed by atoms with Crippen LogP contribution in [0.15, 0.2) is 18.2 Å². The van der Waals surface area contributed by atoms with Crippen LogP contribution in [0.1, 0.15) is 37.7 Å². The number of hydrogen-bond donors (Lipinski definition) is 1. The second-order valence-corrected chi connectivity index (χ2v) is 5.95. The predicted octanol–water partition coefficient (Wildman–Crippen LogP) is 3.10. The van der Waals surface area contributed by atoms with E-state index in [1.165, 1.54) is 32.1 Å². The van der Waals surface area contributed by atoms with Gasteiger partial charge in [0.15, 0.2) is 0 Å². The van der Waals surface area contributed by atoms with Crippen molar-refractivity contribution >= 4 is 5.69 Å². The smallest absolute Gasteiger partial charge is 0.125 e. The highest BCUT2D eigenvalue weighted by molar-refractivity contribution is 5.51. The van der Waals surface area contributed by atoms with E-state index < -0.39 is 0 Å². The Morgan fingerprint density at radius 2 is 2.00 bits per heavy atom. The van der Waals surface area contributed by atoms with Crippen LogP contribution >= 0.6 is 0 Å². The van der Waals surface area contributed by atoms with Crippen LogP contribution in [0.5, 0.6) is 0 Å². The molecule has 0 aromatic heterocycles. The lowest BCUT2D eigenvalue weighted by molar-refractivity contribution is 0.342. The highest BCUT2D eigenvalue weighted by Crippen LogP contribution is 2.39. The van der Waals surface area contributed by atoms with Gasteiger partial charge < -0.3 is 10.6 Å². The average molecular weight is 262 g/mol. The maximum absolute atomic E-state index is 13.8. The fourth-order valence-corrected chi connectivity index (χ4v) is 3.84. The minimum atomic E-state index is -0.125. The standard InChI is InChI=1S/C16H23FN2/c17-14-9-12(5-7-18)10-15(11-14)19-8-6-13-3-1-2-4-16(13)19/h9-11,13,16H,1-8,18H2. The van der Waals surface area contributed by atoms with Crippen molar-refractivity contribution in [3.8, 4) is 0 Å². The van der Waals surface area contributed by atoms with Gasteiger partial charge in [0.25, 0.3) is 0 Å². The monoisotopic (exact) mass is 262 g/mol. The normalized spacial score (nSPS) is 26.5. The molecule has 2 aliphatic rings. The van der Waals surface area contributed by atoms with E-state index in [9.17, 15) is 4.39 Å². The van der Waals surface area contributed by atoms with E-state index in [1.807, 2.05) is 0 Å². The van der Waals surface area contributed by atoms with Crippen molar-refractivity contribution in [1.82, 2.24) is 0 Å². The highest BCUT2D eigenvalue weighted by atomic mass is 19.1. The number of anilines is 1. The molecule has 1 heterocycles. The molecule has 1 aromatic rings. The summed E-state index contributed by atoms with van der Waals surface area (Å²) < 4.78 is 13.8. The maximum Gasteiger partial charge on any atom is 0.125 e. The van der Waals surface area contributed by atoms with E-state index >= 15 is 0 Å². The highest BCUT2D eigenvalue weighted by Gasteiger charge is 2.35. The molecule has 2 unspecified atom stereocenters. The average Bonchev–Trinajstić information content (AvgIpc) is 2.82. The zero-order valence-electron chi connectivity index (χ0n) is 11.4. The Balaban J connectivity index is 1.85. The van der Waals surface area contributed by atoms with Crippen LogP contribution < -0.4 is 10.6 Å². The van der Waals surface area contributed by atoms with E-state index in [1.54, 1.807) is 12.1 Å². The topological polar surface area (TPSA) is 29.3 Å². The molecule has 2 fully saturated rings. The zero-order valence-corrected chi connectivity index (χ0v) is 11.4. The first-order valence-electron chi connectivity index (χ1n) is 7.54. The largest absolute Gasteiger partial charge is 0.368 e. The van der Waals surface area contributed by atoms with Gasteiger partial charge in [0, 0.05) is 18.3 Å². The van der Waals surface area contributed by atoms with Crippen molar-refractivity contribution in [3.63, 3.8) is 0 Å². The summed E-state index contributed by atoms with van der Waals surface area (Å²) in [6, 6.07) is 6.08. The quantitative estimate of drug-likeness (QED) is 0.907. The van der Waals surface area contributed by atoms with Gasteiger partial charge in [-0.3, -0.25) is 0 Å². The van der Waals surface area contributed by atoms with Gasteiger partial charge in [-0.25, -0.2) is 4.39 Å². The molecule has 0 bridgehead atoms. The maximum atomic E-state index is 13.8. The minimum Gasteiger partial charge on any atom is -0.368 e. The second kappa shape index (κ2) is 5.49. The third-order valence-corrected chi connectivity index (χ3v) is 4.72. The molecule has 2 N–H and O–H groups in total. The Morgan fingerprint density at radius 1 is 1.16 bits per heavy atom. The first kappa shape index (κ1) is 12.9. The lowest BCUT2D eigenvalue weighted by Crippen LogP contribution is -2.34. The zero-order chi connectivity index (χ0) is 13.2. The number of nitrogens with two attached hydrogens (primary N) is 1. The van der Waals surface area contributed by atoms with E-state index in [2.05, 4.69) is 11.0 Å². The fourth-order valence-electron chi connectivity index (χ4n) is 3.84. The predicted molar refractivity (Wildman–Crippen MR) is 76.9 cm³/mol. The molecule has 3 rings (SSSR count). The molecule has 19 heavy (non-hydrogen) atoms. The van der Waals surface area contributed by atoms with Crippen LogP contribution in [-0.4, -0.2) is 19.1 Å². The first-order chi connectivity index (χ1) is 9.28. The van der Waals surface area contributed by atoms with E-state index in [0.717, 1.165) is 30.1 Å². The van der Waals surface area contributed by atoms with Crippen molar-refractivity contribution in [2.24, 2.45) is 11.7 Å². The van der Waals surface area contributed by atoms with Gasteiger partial charge >= 0.3 is 0 Å². The van der Waals surface area contributed by atoms with Gasteiger partial charge in [0.1, 0.15) is 5.82 Å². The third-order valence-electron chi connectivity index (χ3n) is 4.72. The number of nitrogens with zero attached hydrogens (tertiary/aromatic N) is 1. The van der Waals surface area contributed by atoms with Crippen LogP contribution in [0.4, 0.5) is 10.1 Å². The molecule has 1 aliphatic heterocycles. The molecule has 3 heteroatoms. The molecule has 0 radical (unpaired) electrons.